The van der Waals surface area contributed by atoms with E-state index in [4.69, 9.17) is 4.74 Å². The van der Waals surface area contributed by atoms with Gasteiger partial charge in [0.2, 0.25) is 0 Å². The first-order chi connectivity index (χ1) is 9.69. The van der Waals surface area contributed by atoms with Crippen LogP contribution in [0.15, 0.2) is 24.3 Å². The maximum absolute atomic E-state index is 5.19. The molecular weight excluding hydrogens is 246 g/mol. The van der Waals surface area contributed by atoms with Gasteiger partial charge < -0.3 is 10.1 Å². The second kappa shape index (κ2) is 7.68. The zero-order valence-electron chi connectivity index (χ0n) is 13.2. The molecule has 0 heterocycles. The van der Waals surface area contributed by atoms with Crippen LogP contribution in [0.4, 0.5) is 0 Å². The van der Waals surface area contributed by atoms with E-state index in [1.807, 2.05) is 0 Å². The molecule has 0 aliphatic heterocycles. The maximum Gasteiger partial charge on any atom is 0.118 e. The Hall–Kier alpha value is -1.02. The summed E-state index contributed by atoms with van der Waals surface area (Å²) in [6.07, 6.45) is 7.90. The smallest absolute Gasteiger partial charge is 0.118 e. The highest BCUT2D eigenvalue weighted by molar-refractivity contribution is 5.27. The van der Waals surface area contributed by atoms with Crippen molar-refractivity contribution in [3.63, 3.8) is 0 Å². The molecule has 0 aromatic heterocycles. The molecule has 1 fully saturated rings. The highest BCUT2D eigenvalue weighted by Crippen LogP contribution is 2.24. The largest absolute Gasteiger partial charge is 0.497 e. The van der Waals surface area contributed by atoms with Gasteiger partial charge in [0, 0.05) is 12.1 Å². The first-order valence-electron chi connectivity index (χ1n) is 8.08. The van der Waals surface area contributed by atoms with Gasteiger partial charge in [0.1, 0.15) is 5.75 Å². The van der Waals surface area contributed by atoms with Gasteiger partial charge >= 0.3 is 0 Å². The summed E-state index contributed by atoms with van der Waals surface area (Å²) in [5.41, 5.74) is 1.40. The summed E-state index contributed by atoms with van der Waals surface area (Å²) >= 11 is 0. The van der Waals surface area contributed by atoms with Crippen molar-refractivity contribution in [1.82, 2.24) is 5.32 Å². The SMILES string of the molecule is COc1ccc(CC[C@@H](C)N[C@H]2CCCC[C@@H]2C)cc1. The van der Waals surface area contributed by atoms with Crippen molar-refractivity contribution in [2.75, 3.05) is 7.11 Å². The Bertz CT molecular complexity index is 387. The zero-order valence-corrected chi connectivity index (χ0v) is 13.2. The van der Waals surface area contributed by atoms with E-state index < -0.39 is 0 Å². The van der Waals surface area contributed by atoms with Crippen molar-refractivity contribution >= 4 is 0 Å². The van der Waals surface area contributed by atoms with Crippen molar-refractivity contribution < 1.29 is 4.74 Å². The van der Waals surface area contributed by atoms with Crippen LogP contribution < -0.4 is 10.1 Å². The molecule has 0 saturated heterocycles. The molecule has 3 atom stereocenters. The standard InChI is InChI=1S/C18H29NO/c1-14-6-4-5-7-18(14)19-15(2)8-9-16-10-12-17(20-3)13-11-16/h10-15,18-19H,4-9H2,1-3H3/t14-,15+,18-/m0/s1. The van der Waals surface area contributed by atoms with Crippen molar-refractivity contribution in [3.8, 4) is 5.75 Å². The number of ether oxygens (including phenoxy) is 1. The lowest BCUT2D eigenvalue weighted by Gasteiger charge is -2.32. The van der Waals surface area contributed by atoms with Gasteiger partial charge in [-0.1, -0.05) is 31.9 Å². The number of benzene rings is 1. The minimum atomic E-state index is 0.600. The van der Waals surface area contributed by atoms with Crippen LogP contribution in [0.1, 0.15) is 51.5 Å². The molecule has 2 heteroatoms. The summed E-state index contributed by atoms with van der Waals surface area (Å²) < 4.78 is 5.19. The van der Waals surface area contributed by atoms with Crippen molar-refractivity contribution in [2.45, 2.75) is 64.5 Å². The molecule has 1 N–H and O–H groups in total. The van der Waals surface area contributed by atoms with E-state index in [9.17, 15) is 0 Å². The molecule has 2 rings (SSSR count). The normalized spacial score (nSPS) is 24.4. The average molecular weight is 275 g/mol. The Kier molecular flexibility index (Phi) is 5.90. The molecule has 0 amide bonds. The Morgan fingerprint density at radius 3 is 2.55 bits per heavy atom. The minimum Gasteiger partial charge on any atom is -0.497 e. The van der Waals surface area contributed by atoms with Crippen LogP contribution >= 0.6 is 0 Å². The highest BCUT2D eigenvalue weighted by atomic mass is 16.5. The summed E-state index contributed by atoms with van der Waals surface area (Å²) in [6, 6.07) is 9.79. The molecule has 1 aliphatic rings. The Morgan fingerprint density at radius 1 is 1.20 bits per heavy atom. The number of methoxy groups -OCH3 is 1. The lowest BCUT2D eigenvalue weighted by atomic mass is 9.85. The fourth-order valence-electron chi connectivity index (χ4n) is 3.19. The topological polar surface area (TPSA) is 21.3 Å². The molecule has 0 radical (unpaired) electrons. The average Bonchev–Trinajstić information content (AvgIpc) is 2.48. The first-order valence-corrected chi connectivity index (χ1v) is 8.08. The molecule has 20 heavy (non-hydrogen) atoms. The molecule has 0 unspecified atom stereocenters. The predicted molar refractivity (Wildman–Crippen MR) is 85.3 cm³/mol. The maximum atomic E-state index is 5.19. The lowest BCUT2D eigenvalue weighted by molar-refractivity contribution is 0.258. The molecule has 1 aliphatic carbocycles. The molecular formula is C18H29NO. The molecule has 1 aromatic rings. The van der Waals surface area contributed by atoms with E-state index in [1.54, 1.807) is 7.11 Å². The monoisotopic (exact) mass is 275 g/mol. The third-order valence-electron chi connectivity index (χ3n) is 4.64. The predicted octanol–water partition coefficient (Wildman–Crippen LogP) is 4.18. The third kappa shape index (κ3) is 4.52. The fourth-order valence-corrected chi connectivity index (χ4v) is 3.19. The second-order valence-corrected chi connectivity index (χ2v) is 6.32. The first kappa shape index (κ1) is 15.4. The van der Waals surface area contributed by atoms with Crippen LogP contribution in [0.3, 0.4) is 0 Å². The van der Waals surface area contributed by atoms with Crippen molar-refractivity contribution in [2.24, 2.45) is 5.92 Å². The highest BCUT2D eigenvalue weighted by Gasteiger charge is 2.22. The minimum absolute atomic E-state index is 0.600. The Labute approximate surface area is 123 Å². The summed E-state index contributed by atoms with van der Waals surface area (Å²) in [5, 5.41) is 3.84. The summed E-state index contributed by atoms with van der Waals surface area (Å²) in [7, 11) is 1.71. The molecule has 112 valence electrons. The number of hydrogen-bond acceptors (Lipinski definition) is 2. The lowest BCUT2D eigenvalue weighted by Crippen LogP contribution is -2.42. The van der Waals surface area contributed by atoms with Crippen LogP contribution in [0.25, 0.3) is 0 Å². The van der Waals surface area contributed by atoms with Gasteiger partial charge in [-0.05, 0) is 56.2 Å². The van der Waals surface area contributed by atoms with Gasteiger partial charge in [0.25, 0.3) is 0 Å². The number of nitrogens with one attached hydrogen (secondary N) is 1. The molecule has 0 spiro atoms. The fraction of sp³-hybridized carbons (Fsp3) is 0.667. The third-order valence-corrected chi connectivity index (χ3v) is 4.64. The summed E-state index contributed by atoms with van der Waals surface area (Å²) in [4.78, 5) is 0. The van der Waals surface area contributed by atoms with Gasteiger partial charge in [-0.15, -0.1) is 0 Å². The van der Waals surface area contributed by atoms with Crippen molar-refractivity contribution in [3.05, 3.63) is 29.8 Å². The zero-order chi connectivity index (χ0) is 14.4. The van der Waals surface area contributed by atoms with Gasteiger partial charge in [-0.3, -0.25) is 0 Å². The Balaban J connectivity index is 1.74. The van der Waals surface area contributed by atoms with Crippen LogP contribution in [0.5, 0.6) is 5.75 Å². The van der Waals surface area contributed by atoms with E-state index in [0.717, 1.165) is 24.1 Å². The van der Waals surface area contributed by atoms with E-state index in [2.05, 4.69) is 43.4 Å². The summed E-state index contributed by atoms with van der Waals surface area (Å²) in [5.74, 6) is 1.78. The van der Waals surface area contributed by atoms with Crippen LogP contribution in [0.2, 0.25) is 0 Å². The molecule has 1 aromatic carbocycles. The van der Waals surface area contributed by atoms with Crippen LogP contribution in [0, 0.1) is 5.92 Å². The Morgan fingerprint density at radius 2 is 1.90 bits per heavy atom. The van der Waals surface area contributed by atoms with Gasteiger partial charge in [-0.2, -0.15) is 0 Å². The molecule has 0 bridgehead atoms. The van der Waals surface area contributed by atoms with E-state index in [1.165, 1.54) is 37.7 Å². The van der Waals surface area contributed by atoms with Gasteiger partial charge in [-0.25, -0.2) is 0 Å². The number of rotatable bonds is 6. The van der Waals surface area contributed by atoms with E-state index in [-0.39, 0.29) is 0 Å². The summed E-state index contributed by atoms with van der Waals surface area (Å²) in [6.45, 7) is 4.72. The number of aryl methyl sites for hydroxylation is 1. The number of hydrogen-bond donors (Lipinski definition) is 1. The van der Waals surface area contributed by atoms with Crippen molar-refractivity contribution in [1.29, 1.82) is 0 Å². The van der Waals surface area contributed by atoms with Gasteiger partial charge in [0.05, 0.1) is 7.11 Å². The van der Waals surface area contributed by atoms with E-state index in [0.29, 0.717) is 6.04 Å². The quantitative estimate of drug-likeness (QED) is 0.840. The van der Waals surface area contributed by atoms with E-state index >= 15 is 0 Å². The van der Waals surface area contributed by atoms with Crippen LogP contribution in [-0.4, -0.2) is 19.2 Å². The van der Waals surface area contributed by atoms with Gasteiger partial charge in [0.15, 0.2) is 0 Å². The molecule has 1 saturated carbocycles. The molecule has 2 nitrogen and oxygen atoms in total. The second-order valence-electron chi connectivity index (χ2n) is 6.32. The van der Waals surface area contributed by atoms with Crippen LogP contribution in [-0.2, 0) is 6.42 Å².